The number of rotatable bonds is 3. The molecule has 1 unspecified atom stereocenters. The summed E-state index contributed by atoms with van der Waals surface area (Å²) in [5, 5.41) is 5.43. The first kappa shape index (κ1) is 12.4. The average molecular weight is 313 g/mol. The van der Waals surface area contributed by atoms with E-state index in [9.17, 15) is 4.79 Å². The van der Waals surface area contributed by atoms with E-state index in [0.717, 1.165) is 10.2 Å². The number of aromatic nitrogens is 1. The number of hydrogen-bond acceptors (Lipinski definition) is 3. The Balaban J connectivity index is 2.15. The highest BCUT2D eigenvalue weighted by molar-refractivity contribution is 9.10. The molecule has 3 nitrogen and oxygen atoms in total. The molecule has 2 aromatic rings. The van der Waals surface area contributed by atoms with Crippen LogP contribution in [0, 0.1) is 0 Å². The van der Waals surface area contributed by atoms with Crippen molar-refractivity contribution in [3.63, 3.8) is 0 Å². The fourth-order valence-corrected chi connectivity index (χ4v) is 3.01. The molecule has 2 heterocycles. The van der Waals surface area contributed by atoms with Gasteiger partial charge in [-0.3, -0.25) is 4.79 Å². The fraction of sp³-hybridized carbons (Fsp3) is 0.250. The van der Waals surface area contributed by atoms with Crippen LogP contribution in [0.3, 0.4) is 0 Å². The van der Waals surface area contributed by atoms with Gasteiger partial charge < -0.3 is 9.88 Å². The average Bonchev–Trinajstić information content (AvgIpc) is 2.70. The number of pyridine rings is 1. The van der Waals surface area contributed by atoms with Gasteiger partial charge in [-0.15, -0.1) is 11.3 Å². The second-order valence-corrected chi connectivity index (χ2v) is 5.76. The minimum Gasteiger partial charge on any atom is -0.377 e. The van der Waals surface area contributed by atoms with E-state index >= 15 is 0 Å². The quantitative estimate of drug-likeness (QED) is 0.942. The molecule has 17 heavy (non-hydrogen) atoms. The number of nitrogens with zero attached hydrogens (tertiary/aromatic N) is 1. The van der Waals surface area contributed by atoms with Gasteiger partial charge in [0.15, 0.2) is 0 Å². The standard InChI is InChI=1S/C12H13BrN2OS/c1-8(11-5-9(13)7-17-11)14-10-3-4-12(16)15(2)6-10/h3-8,14H,1-2H3. The molecule has 0 bridgehead atoms. The third-order valence-corrected chi connectivity index (χ3v) is 4.36. The fourth-order valence-electron chi connectivity index (χ4n) is 1.56. The molecule has 5 heteroatoms. The molecule has 0 saturated heterocycles. The summed E-state index contributed by atoms with van der Waals surface area (Å²) in [7, 11) is 1.75. The molecule has 2 rings (SSSR count). The molecule has 90 valence electrons. The van der Waals surface area contributed by atoms with E-state index in [-0.39, 0.29) is 11.6 Å². The first-order valence-electron chi connectivity index (χ1n) is 5.23. The lowest BCUT2D eigenvalue weighted by Crippen LogP contribution is -2.16. The lowest BCUT2D eigenvalue weighted by atomic mass is 10.2. The maximum absolute atomic E-state index is 11.3. The maximum Gasteiger partial charge on any atom is 0.250 e. The highest BCUT2D eigenvalue weighted by Gasteiger charge is 2.08. The Morgan fingerprint density at radius 3 is 2.82 bits per heavy atom. The first-order chi connectivity index (χ1) is 8.06. The van der Waals surface area contributed by atoms with Gasteiger partial charge >= 0.3 is 0 Å². The summed E-state index contributed by atoms with van der Waals surface area (Å²) in [6.45, 7) is 2.10. The minimum absolute atomic E-state index is 0.00192. The molecule has 0 aliphatic rings. The highest BCUT2D eigenvalue weighted by atomic mass is 79.9. The normalized spacial score (nSPS) is 12.4. The Hall–Kier alpha value is -1.07. The summed E-state index contributed by atoms with van der Waals surface area (Å²) in [6.07, 6.45) is 1.81. The SMILES string of the molecule is CC(Nc1ccc(=O)n(C)c1)c1cc(Br)cs1. The van der Waals surface area contributed by atoms with Gasteiger partial charge in [-0.1, -0.05) is 0 Å². The second-order valence-electron chi connectivity index (χ2n) is 3.90. The Bertz CT molecular complexity index is 576. The number of hydrogen-bond donors (Lipinski definition) is 1. The van der Waals surface area contributed by atoms with Gasteiger partial charge in [-0.2, -0.15) is 0 Å². The maximum atomic E-state index is 11.3. The molecule has 0 spiro atoms. The van der Waals surface area contributed by atoms with Gasteiger partial charge in [0.05, 0.1) is 11.7 Å². The topological polar surface area (TPSA) is 34.0 Å². The number of halogens is 1. The molecule has 0 radical (unpaired) electrons. The van der Waals surface area contributed by atoms with Gasteiger partial charge in [0, 0.05) is 34.0 Å². The molecule has 0 aliphatic carbocycles. The van der Waals surface area contributed by atoms with Crippen molar-refractivity contribution in [2.45, 2.75) is 13.0 Å². The lowest BCUT2D eigenvalue weighted by molar-refractivity contribution is 0.845. The van der Waals surface area contributed by atoms with Crippen LogP contribution in [0.4, 0.5) is 5.69 Å². The van der Waals surface area contributed by atoms with Crippen LogP contribution in [-0.2, 0) is 7.05 Å². The van der Waals surface area contributed by atoms with E-state index in [1.807, 2.05) is 12.3 Å². The van der Waals surface area contributed by atoms with Crippen molar-refractivity contribution < 1.29 is 0 Å². The summed E-state index contributed by atoms with van der Waals surface area (Å²) in [4.78, 5) is 12.5. The molecule has 0 aromatic carbocycles. The van der Waals surface area contributed by atoms with Crippen molar-refractivity contribution in [2.24, 2.45) is 7.05 Å². The zero-order valence-electron chi connectivity index (χ0n) is 9.61. The summed E-state index contributed by atoms with van der Waals surface area (Å²) < 4.78 is 2.67. The van der Waals surface area contributed by atoms with Crippen LogP contribution in [0.2, 0.25) is 0 Å². The Morgan fingerprint density at radius 1 is 1.47 bits per heavy atom. The van der Waals surface area contributed by atoms with Crippen LogP contribution in [0.1, 0.15) is 17.8 Å². The number of nitrogens with one attached hydrogen (secondary N) is 1. The van der Waals surface area contributed by atoms with E-state index in [2.05, 4.69) is 39.6 Å². The zero-order chi connectivity index (χ0) is 12.4. The minimum atomic E-state index is 0.00192. The van der Waals surface area contributed by atoms with Crippen molar-refractivity contribution in [1.82, 2.24) is 4.57 Å². The Labute approximate surface area is 112 Å². The third-order valence-electron chi connectivity index (χ3n) is 2.48. The molecule has 0 aliphatic heterocycles. The van der Waals surface area contributed by atoms with Crippen molar-refractivity contribution in [3.05, 3.63) is 49.5 Å². The highest BCUT2D eigenvalue weighted by Crippen LogP contribution is 2.27. The van der Waals surface area contributed by atoms with E-state index in [1.54, 1.807) is 29.0 Å². The summed E-state index contributed by atoms with van der Waals surface area (Å²) in [5.41, 5.74) is 0.950. The third kappa shape index (κ3) is 2.98. The molecule has 0 fully saturated rings. The molecule has 1 atom stereocenters. The molecule has 2 aromatic heterocycles. The summed E-state index contributed by atoms with van der Waals surface area (Å²) in [5.74, 6) is 0. The van der Waals surface area contributed by atoms with Gasteiger partial charge in [-0.05, 0) is 35.0 Å². The number of aryl methyl sites for hydroxylation is 1. The summed E-state index contributed by atoms with van der Waals surface area (Å²) >= 11 is 5.15. The summed E-state index contributed by atoms with van der Waals surface area (Å²) in [6, 6.07) is 5.70. The second kappa shape index (κ2) is 5.06. The van der Waals surface area contributed by atoms with Crippen molar-refractivity contribution >= 4 is 33.0 Å². The van der Waals surface area contributed by atoms with Crippen LogP contribution in [-0.4, -0.2) is 4.57 Å². The Kier molecular flexibility index (Phi) is 3.69. The van der Waals surface area contributed by atoms with Crippen LogP contribution in [0.25, 0.3) is 0 Å². The molecule has 1 N–H and O–H groups in total. The number of anilines is 1. The predicted octanol–water partition coefficient (Wildman–Crippen LogP) is 3.38. The van der Waals surface area contributed by atoms with E-state index < -0.39 is 0 Å². The van der Waals surface area contributed by atoms with Gasteiger partial charge in [-0.25, -0.2) is 0 Å². The largest absolute Gasteiger partial charge is 0.377 e. The lowest BCUT2D eigenvalue weighted by Gasteiger charge is -2.14. The zero-order valence-corrected chi connectivity index (χ0v) is 12.0. The van der Waals surface area contributed by atoms with Crippen LogP contribution in [0.15, 0.2) is 39.0 Å². The smallest absolute Gasteiger partial charge is 0.250 e. The van der Waals surface area contributed by atoms with E-state index in [1.165, 1.54) is 4.88 Å². The molecule has 0 saturated carbocycles. The van der Waals surface area contributed by atoms with Crippen LogP contribution < -0.4 is 10.9 Å². The molecular weight excluding hydrogens is 300 g/mol. The van der Waals surface area contributed by atoms with Crippen molar-refractivity contribution in [3.8, 4) is 0 Å². The van der Waals surface area contributed by atoms with Crippen LogP contribution >= 0.6 is 27.3 Å². The van der Waals surface area contributed by atoms with E-state index in [0.29, 0.717) is 0 Å². The van der Waals surface area contributed by atoms with Crippen molar-refractivity contribution in [2.75, 3.05) is 5.32 Å². The van der Waals surface area contributed by atoms with Gasteiger partial charge in [0.25, 0.3) is 0 Å². The van der Waals surface area contributed by atoms with Crippen LogP contribution in [0.5, 0.6) is 0 Å². The number of thiophene rings is 1. The van der Waals surface area contributed by atoms with Gasteiger partial charge in [0.2, 0.25) is 5.56 Å². The monoisotopic (exact) mass is 312 g/mol. The molecular formula is C12H13BrN2OS. The molecule has 0 amide bonds. The van der Waals surface area contributed by atoms with E-state index in [4.69, 9.17) is 0 Å². The van der Waals surface area contributed by atoms with Gasteiger partial charge in [0.1, 0.15) is 0 Å². The van der Waals surface area contributed by atoms with Crippen molar-refractivity contribution in [1.29, 1.82) is 0 Å². The first-order valence-corrected chi connectivity index (χ1v) is 6.90. The predicted molar refractivity (Wildman–Crippen MR) is 75.7 cm³/mol. The Morgan fingerprint density at radius 2 is 2.24 bits per heavy atom.